The summed E-state index contributed by atoms with van der Waals surface area (Å²) in [4.78, 5) is 16.8. The molecule has 0 N–H and O–H groups in total. The van der Waals surface area contributed by atoms with Gasteiger partial charge in [0.2, 0.25) is 0 Å². The average molecular weight is 473 g/mol. The Labute approximate surface area is 196 Å². The number of hydrogen-bond donors (Lipinski definition) is 0. The van der Waals surface area contributed by atoms with Crippen LogP contribution in [-0.4, -0.2) is 62.6 Å². The lowest BCUT2D eigenvalue weighted by Crippen LogP contribution is -2.53. The molecule has 2 aromatic carbocycles. The molecular formula is C25H32N2O5S. The van der Waals surface area contributed by atoms with Crippen molar-refractivity contribution in [2.24, 2.45) is 0 Å². The van der Waals surface area contributed by atoms with Crippen molar-refractivity contribution in [2.45, 2.75) is 56.3 Å². The fraction of sp³-hybridized carbons (Fsp3) is 0.480. The van der Waals surface area contributed by atoms with Gasteiger partial charge in [-0.2, -0.15) is 8.42 Å². The molecule has 1 aliphatic heterocycles. The fourth-order valence-electron chi connectivity index (χ4n) is 4.53. The molecule has 7 nitrogen and oxygen atoms in total. The molecule has 2 aliphatic rings. The number of rotatable bonds is 6. The summed E-state index contributed by atoms with van der Waals surface area (Å²) in [6.07, 6.45) is 2.68. The molecule has 8 heteroatoms. The minimum atomic E-state index is -3.73. The first kappa shape index (κ1) is 23.7. The Hall–Kier alpha value is -2.42. The number of aryl methyl sites for hydroxylation is 1. The molecule has 178 valence electrons. The number of amides is 1. The first-order valence-corrected chi connectivity index (χ1v) is 13.0. The van der Waals surface area contributed by atoms with Gasteiger partial charge in [-0.3, -0.25) is 9.08 Å². The number of benzene rings is 2. The van der Waals surface area contributed by atoms with Crippen molar-refractivity contribution < 1.29 is 22.1 Å². The second kappa shape index (κ2) is 10.7. The second-order valence-electron chi connectivity index (χ2n) is 8.86. The largest absolute Gasteiger partial charge is 0.445 e. The highest BCUT2D eigenvalue weighted by molar-refractivity contribution is 7.86. The predicted octanol–water partition coefficient (Wildman–Crippen LogP) is 3.97. The van der Waals surface area contributed by atoms with Gasteiger partial charge in [-0.1, -0.05) is 48.0 Å². The number of piperazine rings is 1. The van der Waals surface area contributed by atoms with Gasteiger partial charge in [-0.25, -0.2) is 4.79 Å². The average Bonchev–Trinajstić information content (AvgIpc) is 2.84. The normalized spacial score (nSPS) is 22.2. The molecule has 0 radical (unpaired) electrons. The minimum Gasteiger partial charge on any atom is -0.445 e. The van der Waals surface area contributed by atoms with E-state index < -0.39 is 10.1 Å². The van der Waals surface area contributed by atoms with E-state index in [2.05, 4.69) is 4.90 Å². The molecule has 1 aliphatic carbocycles. The Bertz CT molecular complexity index is 1010. The van der Waals surface area contributed by atoms with Crippen LogP contribution in [0.15, 0.2) is 59.5 Å². The van der Waals surface area contributed by atoms with E-state index in [-0.39, 0.29) is 23.7 Å². The standard InChI is InChI=1S/C25H32N2O5S/c1-20-7-13-24(14-8-20)33(29,30)32-23-11-9-22(10-12-23)26-15-17-27(18-16-26)25(28)31-19-21-5-3-2-4-6-21/h2-8,13-14,22-23H,9-12,15-19H2,1H3. The highest BCUT2D eigenvalue weighted by Crippen LogP contribution is 2.28. The lowest BCUT2D eigenvalue weighted by molar-refractivity contribution is 0.0408. The quantitative estimate of drug-likeness (QED) is 0.593. The molecule has 0 bridgehead atoms. The SMILES string of the molecule is Cc1ccc(S(=O)(=O)OC2CCC(N3CCN(C(=O)OCc4ccccc4)CC3)CC2)cc1. The van der Waals surface area contributed by atoms with Gasteiger partial charge in [0.25, 0.3) is 10.1 Å². The van der Waals surface area contributed by atoms with Gasteiger partial charge < -0.3 is 9.64 Å². The number of carbonyl (C=O) groups excluding carboxylic acids is 1. The molecule has 1 amide bonds. The zero-order valence-electron chi connectivity index (χ0n) is 19.1. The fourth-order valence-corrected chi connectivity index (χ4v) is 5.66. The topological polar surface area (TPSA) is 76.2 Å². The summed E-state index contributed by atoms with van der Waals surface area (Å²) >= 11 is 0. The summed E-state index contributed by atoms with van der Waals surface area (Å²) in [5, 5.41) is 0. The Morgan fingerprint density at radius 1 is 0.909 bits per heavy atom. The van der Waals surface area contributed by atoms with Gasteiger partial charge in [0.1, 0.15) is 6.61 Å². The Morgan fingerprint density at radius 3 is 2.18 bits per heavy atom. The minimum absolute atomic E-state index is 0.213. The summed E-state index contributed by atoms with van der Waals surface area (Å²) in [5.74, 6) is 0. The van der Waals surface area contributed by atoms with E-state index in [4.69, 9.17) is 8.92 Å². The number of hydrogen-bond acceptors (Lipinski definition) is 6. The highest BCUT2D eigenvalue weighted by atomic mass is 32.2. The van der Waals surface area contributed by atoms with Crippen LogP contribution in [0.3, 0.4) is 0 Å². The van der Waals surface area contributed by atoms with Crippen LogP contribution < -0.4 is 0 Å². The van der Waals surface area contributed by atoms with Gasteiger partial charge in [0.05, 0.1) is 11.0 Å². The zero-order chi connectivity index (χ0) is 23.3. The van der Waals surface area contributed by atoms with Gasteiger partial charge in [0.15, 0.2) is 0 Å². The second-order valence-corrected chi connectivity index (χ2v) is 10.4. The van der Waals surface area contributed by atoms with Crippen LogP contribution in [0.25, 0.3) is 0 Å². The van der Waals surface area contributed by atoms with Gasteiger partial charge in [-0.05, 0) is 50.3 Å². The van der Waals surface area contributed by atoms with Crippen LogP contribution in [0.2, 0.25) is 0 Å². The molecule has 2 fully saturated rings. The van der Waals surface area contributed by atoms with Crippen LogP contribution in [0, 0.1) is 6.92 Å². The summed E-state index contributed by atoms with van der Waals surface area (Å²) < 4.78 is 36.1. The van der Waals surface area contributed by atoms with E-state index in [1.54, 1.807) is 29.2 Å². The van der Waals surface area contributed by atoms with Gasteiger partial charge in [0, 0.05) is 32.2 Å². The van der Waals surface area contributed by atoms with Crippen molar-refractivity contribution in [2.75, 3.05) is 26.2 Å². The number of ether oxygens (including phenoxy) is 1. The summed E-state index contributed by atoms with van der Waals surface area (Å²) in [7, 11) is -3.73. The van der Waals surface area contributed by atoms with Crippen LogP contribution in [0.1, 0.15) is 36.8 Å². The summed E-state index contributed by atoms with van der Waals surface area (Å²) in [6, 6.07) is 16.8. The zero-order valence-corrected chi connectivity index (χ0v) is 19.9. The van der Waals surface area contributed by atoms with E-state index in [9.17, 15) is 13.2 Å². The molecule has 0 spiro atoms. The highest BCUT2D eigenvalue weighted by Gasteiger charge is 2.32. The molecule has 2 aromatic rings. The first-order chi connectivity index (χ1) is 15.9. The molecule has 4 rings (SSSR count). The predicted molar refractivity (Wildman–Crippen MR) is 125 cm³/mol. The third-order valence-corrected chi connectivity index (χ3v) is 7.89. The molecule has 1 heterocycles. The van der Waals surface area contributed by atoms with Crippen molar-refractivity contribution in [1.29, 1.82) is 0 Å². The molecule has 1 saturated heterocycles. The van der Waals surface area contributed by atoms with Gasteiger partial charge >= 0.3 is 6.09 Å². The smallest absolute Gasteiger partial charge is 0.410 e. The Morgan fingerprint density at radius 2 is 1.55 bits per heavy atom. The van der Waals surface area contributed by atoms with Crippen molar-refractivity contribution in [3.05, 3.63) is 65.7 Å². The van der Waals surface area contributed by atoms with Crippen LogP contribution in [0.4, 0.5) is 4.79 Å². The van der Waals surface area contributed by atoms with E-state index in [1.807, 2.05) is 37.3 Å². The van der Waals surface area contributed by atoms with Crippen molar-refractivity contribution in [1.82, 2.24) is 9.80 Å². The van der Waals surface area contributed by atoms with Crippen molar-refractivity contribution >= 4 is 16.2 Å². The van der Waals surface area contributed by atoms with Gasteiger partial charge in [-0.15, -0.1) is 0 Å². The molecule has 0 aromatic heterocycles. The maximum atomic E-state index is 12.6. The van der Waals surface area contributed by atoms with E-state index in [1.165, 1.54) is 0 Å². The number of nitrogens with zero attached hydrogens (tertiary/aromatic N) is 2. The Kier molecular flexibility index (Phi) is 7.67. The monoisotopic (exact) mass is 472 g/mol. The molecule has 0 atom stereocenters. The maximum absolute atomic E-state index is 12.6. The third kappa shape index (κ3) is 6.34. The third-order valence-electron chi connectivity index (χ3n) is 6.51. The lowest BCUT2D eigenvalue weighted by Gasteiger charge is -2.41. The molecule has 0 unspecified atom stereocenters. The van der Waals surface area contributed by atoms with Crippen LogP contribution in [-0.2, 0) is 25.6 Å². The molecule has 1 saturated carbocycles. The van der Waals surface area contributed by atoms with E-state index in [0.717, 1.165) is 49.9 Å². The molecular weight excluding hydrogens is 440 g/mol. The van der Waals surface area contributed by atoms with E-state index >= 15 is 0 Å². The first-order valence-electron chi connectivity index (χ1n) is 11.6. The molecule has 33 heavy (non-hydrogen) atoms. The van der Waals surface area contributed by atoms with Crippen molar-refractivity contribution in [3.8, 4) is 0 Å². The van der Waals surface area contributed by atoms with E-state index in [0.29, 0.717) is 19.1 Å². The van der Waals surface area contributed by atoms with Crippen LogP contribution in [0.5, 0.6) is 0 Å². The summed E-state index contributed by atoms with van der Waals surface area (Å²) in [6.45, 7) is 5.11. The number of carbonyl (C=O) groups is 1. The van der Waals surface area contributed by atoms with Crippen LogP contribution >= 0.6 is 0 Å². The lowest BCUT2D eigenvalue weighted by atomic mass is 9.91. The van der Waals surface area contributed by atoms with Crippen molar-refractivity contribution in [3.63, 3.8) is 0 Å². The Balaban J connectivity index is 1.19. The maximum Gasteiger partial charge on any atom is 0.410 e. The summed E-state index contributed by atoms with van der Waals surface area (Å²) in [5.41, 5.74) is 1.99.